The van der Waals surface area contributed by atoms with Crippen LogP contribution in [-0.4, -0.2) is 46.5 Å². The van der Waals surface area contributed by atoms with Crippen molar-refractivity contribution >= 4 is 40.8 Å². The van der Waals surface area contributed by atoms with E-state index in [1.165, 1.54) is 18.1 Å². The van der Waals surface area contributed by atoms with Crippen LogP contribution in [0.5, 0.6) is 5.75 Å². The summed E-state index contributed by atoms with van der Waals surface area (Å²) in [5.74, 6) is -1.76. The summed E-state index contributed by atoms with van der Waals surface area (Å²) in [6.07, 6.45) is 2.27. The number of likely N-dealkylation sites (N-methyl/N-ethyl adjacent to an activating group) is 1. The van der Waals surface area contributed by atoms with Gasteiger partial charge in [-0.3, -0.25) is 14.5 Å². The fourth-order valence-electron chi connectivity index (χ4n) is 3.00. The van der Waals surface area contributed by atoms with Gasteiger partial charge in [0.2, 0.25) is 5.82 Å². The summed E-state index contributed by atoms with van der Waals surface area (Å²) >= 11 is 12.2. The van der Waals surface area contributed by atoms with Gasteiger partial charge in [-0.15, -0.1) is 0 Å². The molecular weight excluding hydrogens is 448 g/mol. The molecular formula is C20H14Cl2FN5O3. The molecule has 1 aliphatic rings. The number of ether oxygens (including phenoxy) is 1. The molecule has 0 radical (unpaired) electrons. The zero-order chi connectivity index (χ0) is 22.1. The number of rotatable bonds is 3. The van der Waals surface area contributed by atoms with Gasteiger partial charge >= 0.3 is 0 Å². The molecule has 0 bridgehead atoms. The maximum absolute atomic E-state index is 13.5. The first-order valence-electron chi connectivity index (χ1n) is 8.98. The fourth-order valence-corrected chi connectivity index (χ4v) is 3.39. The molecule has 0 saturated carbocycles. The Morgan fingerprint density at radius 3 is 2.84 bits per heavy atom. The minimum Gasteiger partial charge on any atom is -0.487 e. The minimum atomic E-state index is -1.07. The van der Waals surface area contributed by atoms with Crippen molar-refractivity contribution < 1.29 is 18.7 Å². The predicted molar refractivity (Wildman–Crippen MR) is 112 cm³/mol. The lowest BCUT2D eigenvalue weighted by Crippen LogP contribution is -2.49. The number of carbonyl (C=O) groups is 2. The molecule has 0 fully saturated rings. The first-order valence-corrected chi connectivity index (χ1v) is 9.74. The molecule has 158 valence electrons. The monoisotopic (exact) mass is 461 g/mol. The fraction of sp³-hybridized carbons (Fsp3) is 0.150. The second-order valence-electron chi connectivity index (χ2n) is 6.61. The zero-order valence-corrected chi connectivity index (χ0v) is 17.5. The number of nitrogens with zero attached hydrogens (tertiary/aromatic N) is 4. The maximum atomic E-state index is 13.5. The number of nitrogens with one attached hydrogen (secondary N) is 1. The molecule has 0 aliphatic carbocycles. The zero-order valence-electron chi connectivity index (χ0n) is 16.0. The molecule has 31 heavy (non-hydrogen) atoms. The van der Waals surface area contributed by atoms with E-state index in [0.29, 0.717) is 16.3 Å². The quantitative estimate of drug-likeness (QED) is 0.643. The van der Waals surface area contributed by atoms with Crippen molar-refractivity contribution in [2.75, 3.05) is 18.6 Å². The van der Waals surface area contributed by atoms with Crippen LogP contribution in [0, 0.1) is 5.82 Å². The normalized spacial score (nSPS) is 15.7. The number of carbonyl (C=O) groups excluding carboxylic acids is 2. The summed E-state index contributed by atoms with van der Waals surface area (Å²) in [4.78, 5) is 38.8. The summed E-state index contributed by atoms with van der Waals surface area (Å²) in [5.41, 5.74) is 0.920. The van der Waals surface area contributed by atoms with Crippen molar-refractivity contribution in [3.63, 3.8) is 0 Å². The lowest BCUT2D eigenvalue weighted by atomic mass is 10.1. The molecule has 1 N–H and O–H groups in total. The number of hydrogen-bond acceptors (Lipinski definition) is 6. The number of hydrogen-bond donors (Lipinski definition) is 1. The number of anilines is 1. The highest BCUT2D eigenvalue weighted by Gasteiger charge is 2.32. The number of fused-ring (bicyclic) bond motifs is 1. The van der Waals surface area contributed by atoms with E-state index in [0.717, 1.165) is 12.3 Å². The van der Waals surface area contributed by atoms with Gasteiger partial charge in [-0.1, -0.05) is 35.3 Å². The van der Waals surface area contributed by atoms with Gasteiger partial charge in [-0.2, -0.15) is 0 Å². The van der Waals surface area contributed by atoms with Gasteiger partial charge in [0.15, 0.2) is 11.6 Å². The van der Waals surface area contributed by atoms with Crippen LogP contribution in [-0.2, 0) is 4.79 Å². The van der Waals surface area contributed by atoms with Crippen LogP contribution in [0.3, 0.4) is 0 Å². The lowest BCUT2D eigenvalue weighted by Gasteiger charge is -2.19. The first-order chi connectivity index (χ1) is 14.8. The molecule has 1 aromatic carbocycles. The highest BCUT2D eigenvalue weighted by molar-refractivity contribution is 6.33. The minimum absolute atomic E-state index is 0.0959. The second-order valence-corrected chi connectivity index (χ2v) is 7.45. The Morgan fingerprint density at radius 1 is 1.26 bits per heavy atom. The summed E-state index contributed by atoms with van der Waals surface area (Å²) in [5, 5.41) is 3.25. The van der Waals surface area contributed by atoms with E-state index in [-0.39, 0.29) is 29.0 Å². The largest absolute Gasteiger partial charge is 0.487 e. The smallest absolute Gasteiger partial charge is 0.289 e. The predicted octanol–water partition coefficient (Wildman–Crippen LogP) is 3.14. The van der Waals surface area contributed by atoms with E-state index in [1.54, 1.807) is 24.3 Å². The first kappa shape index (κ1) is 21.0. The van der Waals surface area contributed by atoms with Crippen LogP contribution in [0.25, 0.3) is 11.3 Å². The van der Waals surface area contributed by atoms with Gasteiger partial charge in [-0.05, 0) is 12.1 Å². The standard InChI is InChI=1S/C20H14Cl2FN5O3/c1-28-18-15(6-12(23)7-25-18)31-9-14(20(28)30)26-19(29)17-24-8-13(22)16(27-17)10-3-2-4-11(21)5-10/h2-8,14H,9H2,1H3,(H,26,29)/t14-/m0/s1. The molecule has 1 atom stereocenters. The van der Waals surface area contributed by atoms with Crippen molar-refractivity contribution in [2.45, 2.75) is 6.04 Å². The van der Waals surface area contributed by atoms with Crippen LogP contribution >= 0.6 is 23.2 Å². The average molecular weight is 462 g/mol. The van der Waals surface area contributed by atoms with Crippen molar-refractivity contribution in [2.24, 2.45) is 0 Å². The van der Waals surface area contributed by atoms with Gasteiger partial charge in [0, 0.05) is 23.7 Å². The van der Waals surface area contributed by atoms with Gasteiger partial charge in [0.05, 0.1) is 23.1 Å². The van der Waals surface area contributed by atoms with Gasteiger partial charge in [0.1, 0.15) is 18.5 Å². The maximum Gasteiger partial charge on any atom is 0.289 e. The Morgan fingerprint density at radius 2 is 2.06 bits per heavy atom. The molecule has 0 unspecified atom stereocenters. The summed E-state index contributed by atoms with van der Waals surface area (Å²) in [7, 11) is 1.45. The van der Waals surface area contributed by atoms with Gasteiger partial charge in [0.25, 0.3) is 11.8 Å². The molecule has 2 aromatic heterocycles. The molecule has 1 aliphatic heterocycles. The Balaban J connectivity index is 1.57. The SMILES string of the molecule is CN1C(=O)[C@@H](NC(=O)c2ncc(Cl)c(-c3cccc(Cl)c3)n2)COc2cc(F)cnc21. The van der Waals surface area contributed by atoms with E-state index in [4.69, 9.17) is 27.9 Å². The highest BCUT2D eigenvalue weighted by Crippen LogP contribution is 2.29. The Hall–Kier alpha value is -3.30. The third-order valence-electron chi connectivity index (χ3n) is 4.50. The topological polar surface area (TPSA) is 97.3 Å². The van der Waals surface area contributed by atoms with Crippen LogP contribution in [0.15, 0.2) is 42.7 Å². The average Bonchev–Trinajstić information content (AvgIpc) is 2.86. The second kappa shape index (κ2) is 8.44. The summed E-state index contributed by atoms with van der Waals surface area (Å²) in [6, 6.07) is 6.86. The van der Waals surface area contributed by atoms with E-state index < -0.39 is 23.7 Å². The number of pyridine rings is 1. The number of halogens is 3. The highest BCUT2D eigenvalue weighted by atomic mass is 35.5. The Kier molecular flexibility index (Phi) is 5.71. The van der Waals surface area contributed by atoms with Crippen LogP contribution < -0.4 is 15.0 Å². The summed E-state index contributed by atoms with van der Waals surface area (Å²) < 4.78 is 19.0. The van der Waals surface area contributed by atoms with Crippen LogP contribution in [0.1, 0.15) is 10.6 Å². The van der Waals surface area contributed by atoms with Crippen molar-refractivity contribution in [1.82, 2.24) is 20.3 Å². The number of benzene rings is 1. The van der Waals surface area contributed by atoms with Gasteiger partial charge in [-0.25, -0.2) is 19.3 Å². The number of aromatic nitrogens is 3. The van der Waals surface area contributed by atoms with Crippen molar-refractivity contribution in [1.29, 1.82) is 0 Å². The summed E-state index contributed by atoms with van der Waals surface area (Å²) in [6.45, 7) is -0.220. The Bertz CT molecular complexity index is 1190. The van der Waals surface area contributed by atoms with E-state index in [2.05, 4.69) is 20.3 Å². The lowest BCUT2D eigenvalue weighted by molar-refractivity contribution is -0.120. The molecule has 2 amide bonds. The molecule has 3 heterocycles. The molecule has 0 saturated heterocycles. The third-order valence-corrected chi connectivity index (χ3v) is 5.01. The Labute approximate surface area is 186 Å². The van der Waals surface area contributed by atoms with E-state index >= 15 is 0 Å². The van der Waals surface area contributed by atoms with E-state index in [1.807, 2.05) is 0 Å². The molecule has 3 aromatic rings. The van der Waals surface area contributed by atoms with Gasteiger partial charge < -0.3 is 10.1 Å². The number of amides is 2. The molecule has 4 rings (SSSR count). The molecule has 0 spiro atoms. The van der Waals surface area contributed by atoms with Crippen molar-refractivity contribution in [3.8, 4) is 17.0 Å². The molecule has 11 heteroatoms. The van der Waals surface area contributed by atoms with E-state index in [9.17, 15) is 14.0 Å². The molecule has 8 nitrogen and oxygen atoms in total. The van der Waals surface area contributed by atoms with Crippen molar-refractivity contribution in [3.05, 3.63) is 64.4 Å². The van der Waals surface area contributed by atoms with Crippen LogP contribution in [0.4, 0.5) is 10.2 Å². The van der Waals surface area contributed by atoms with Crippen LogP contribution in [0.2, 0.25) is 10.0 Å². The third kappa shape index (κ3) is 4.28.